The highest BCUT2D eigenvalue weighted by atomic mass is 16.5. The Kier molecular flexibility index (Phi) is 4.60. The van der Waals surface area contributed by atoms with Crippen LogP contribution in [0.25, 0.3) is 10.9 Å². The molecule has 5 nitrogen and oxygen atoms in total. The van der Waals surface area contributed by atoms with Crippen LogP contribution in [0.4, 0.5) is 0 Å². The fraction of sp³-hybridized carbons (Fsp3) is 0.474. The molecule has 2 heterocycles. The van der Waals surface area contributed by atoms with E-state index in [-0.39, 0.29) is 17.8 Å². The zero-order valence-corrected chi connectivity index (χ0v) is 14.5. The number of carbonyl (C=O) groups is 2. The first-order valence-corrected chi connectivity index (χ1v) is 8.56. The van der Waals surface area contributed by atoms with Gasteiger partial charge < -0.3 is 14.6 Å². The molecule has 2 aromatic rings. The molecular formula is C19H24N2O3. The summed E-state index contributed by atoms with van der Waals surface area (Å²) in [4.78, 5) is 29.8. The van der Waals surface area contributed by atoms with E-state index >= 15 is 0 Å². The molecule has 128 valence electrons. The molecule has 0 aliphatic carbocycles. The maximum atomic E-state index is 12.9. The second-order valence-electron chi connectivity index (χ2n) is 6.49. The molecule has 1 aliphatic heterocycles. The molecule has 3 rings (SSSR count). The van der Waals surface area contributed by atoms with Crippen molar-refractivity contribution in [3.05, 3.63) is 35.0 Å². The summed E-state index contributed by atoms with van der Waals surface area (Å²) in [5, 5.41) is 1.10. The molecule has 0 bridgehead atoms. The fourth-order valence-corrected chi connectivity index (χ4v) is 3.39. The van der Waals surface area contributed by atoms with Crippen molar-refractivity contribution in [2.45, 2.75) is 33.6 Å². The van der Waals surface area contributed by atoms with Gasteiger partial charge in [-0.15, -0.1) is 0 Å². The average molecular weight is 328 g/mol. The predicted octanol–water partition coefficient (Wildman–Crippen LogP) is 3.20. The van der Waals surface area contributed by atoms with Crippen LogP contribution in [0.15, 0.2) is 18.2 Å². The number of aromatic amines is 1. The number of carbonyl (C=O) groups excluding carboxylic acids is 2. The van der Waals surface area contributed by atoms with Crippen LogP contribution in [-0.4, -0.2) is 41.5 Å². The maximum absolute atomic E-state index is 12.9. The molecule has 5 heteroatoms. The van der Waals surface area contributed by atoms with Gasteiger partial charge in [0.25, 0.3) is 5.91 Å². The van der Waals surface area contributed by atoms with E-state index < -0.39 is 0 Å². The Hall–Kier alpha value is -2.30. The lowest BCUT2D eigenvalue weighted by molar-refractivity contribution is -0.149. The summed E-state index contributed by atoms with van der Waals surface area (Å²) in [6.45, 7) is 7.44. The summed E-state index contributed by atoms with van der Waals surface area (Å²) >= 11 is 0. The predicted molar refractivity (Wildman–Crippen MR) is 93.0 cm³/mol. The lowest BCUT2D eigenvalue weighted by atomic mass is 9.96. The number of likely N-dealkylation sites (tertiary alicyclic amines) is 1. The fourth-order valence-electron chi connectivity index (χ4n) is 3.39. The third kappa shape index (κ3) is 3.03. The number of hydrogen-bond acceptors (Lipinski definition) is 3. The van der Waals surface area contributed by atoms with Gasteiger partial charge in [0.15, 0.2) is 0 Å². The molecule has 1 saturated heterocycles. The second kappa shape index (κ2) is 6.67. The minimum absolute atomic E-state index is 0.0173. The molecule has 0 saturated carbocycles. The van der Waals surface area contributed by atoms with E-state index in [0.717, 1.165) is 16.5 Å². The molecule has 0 radical (unpaired) electrons. The first kappa shape index (κ1) is 16.6. The van der Waals surface area contributed by atoms with Crippen molar-refractivity contribution < 1.29 is 14.3 Å². The number of rotatable bonds is 3. The molecule has 24 heavy (non-hydrogen) atoms. The SMILES string of the molecule is CCOC(=O)C1CCN(C(=O)c2[nH]c3ccc(C)cc3c2C)CC1. The highest BCUT2D eigenvalue weighted by molar-refractivity contribution is 6.01. The highest BCUT2D eigenvalue weighted by Gasteiger charge is 2.29. The summed E-state index contributed by atoms with van der Waals surface area (Å²) in [5.41, 5.74) is 3.82. The van der Waals surface area contributed by atoms with Crippen LogP contribution >= 0.6 is 0 Å². The third-order valence-electron chi connectivity index (χ3n) is 4.83. The Bertz CT molecular complexity index is 770. The van der Waals surface area contributed by atoms with Gasteiger partial charge in [-0.05, 0) is 51.3 Å². The first-order chi connectivity index (χ1) is 11.5. The number of aromatic nitrogens is 1. The van der Waals surface area contributed by atoms with Gasteiger partial charge in [0.2, 0.25) is 0 Å². The molecular weight excluding hydrogens is 304 g/mol. The number of ether oxygens (including phenoxy) is 1. The molecule has 1 N–H and O–H groups in total. The van der Waals surface area contributed by atoms with Crippen LogP contribution in [0.5, 0.6) is 0 Å². The summed E-state index contributed by atoms with van der Waals surface area (Å²) in [7, 11) is 0. The largest absolute Gasteiger partial charge is 0.466 e. The minimum Gasteiger partial charge on any atom is -0.466 e. The van der Waals surface area contributed by atoms with Gasteiger partial charge in [-0.3, -0.25) is 9.59 Å². The van der Waals surface area contributed by atoms with E-state index in [1.807, 2.05) is 37.8 Å². The molecule has 0 unspecified atom stereocenters. The number of H-pyrrole nitrogens is 1. The number of esters is 1. The molecule has 1 aliphatic rings. The van der Waals surface area contributed by atoms with E-state index in [4.69, 9.17) is 4.74 Å². The number of hydrogen-bond donors (Lipinski definition) is 1. The number of piperidine rings is 1. The van der Waals surface area contributed by atoms with Crippen LogP contribution in [0, 0.1) is 19.8 Å². The topological polar surface area (TPSA) is 62.4 Å². The average Bonchev–Trinajstić information content (AvgIpc) is 2.91. The number of benzene rings is 1. The normalized spacial score (nSPS) is 15.7. The number of nitrogens with zero attached hydrogens (tertiary/aromatic N) is 1. The van der Waals surface area contributed by atoms with E-state index in [1.165, 1.54) is 5.56 Å². The van der Waals surface area contributed by atoms with Gasteiger partial charge in [0.05, 0.1) is 12.5 Å². The van der Waals surface area contributed by atoms with Gasteiger partial charge in [-0.1, -0.05) is 11.6 Å². The standard InChI is InChI=1S/C19H24N2O3/c1-4-24-19(23)14-7-9-21(10-8-14)18(22)17-13(3)15-11-12(2)5-6-16(15)20-17/h5-6,11,14,20H,4,7-10H2,1-3H3. The Morgan fingerprint density at radius 2 is 1.96 bits per heavy atom. The number of fused-ring (bicyclic) bond motifs is 1. The lowest BCUT2D eigenvalue weighted by Crippen LogP contribution is -2.41. The summed E-state index contributed by atoms with van der Waals surface area (Å²) in [5.74, 6) is -0.203. The summed E-state index contributed by atoms with van der Waals surface area (Å²) in [6.07, 6.45) is 1.34. The Balaban J connectivity index is 1.74. The van der Waals surface area contributed by atoms with Gasteiger partial charge in [-0.25, -0.2) is 0 Å². The molecule has 1 fully saturated rings. The Morgan fingerprint density at radius 3 is 2.62 bits per heavy atom. The Labute approximate surface area is 142 Å². The highest BCUT2D eigenvalue weighted by Crippen LogP contribution is 2.26. The van der Waals surface area contributed by atoms with Crippen molar-refractivity contribution in [2.24, 2.45) is 5.92 Å². The van der Waals surface area contributed by atoms with E-state index in [1.54, 1.807) is 0 Å². The summed E-state index contributed by atoms with van der Waals surface area (Å²) < 4.78 is 5.08. The van der Waals surface area contributed by atoms with Crippen molar-refractivity contribution in [1.82, 2.24) is 9.88 Å². The van der Waals surface area contributed by atoms with E-state index in [9.17, 15) is 9.59 Å². The molecule has 0 spiro atoms. The quantitative estimate of drug-likeness (QED) is 0.880. The number of amides is 1. The van der Waals surface area contributed by atoms with Gasteiger partial charge in [0.1, 0.15) is 5.69 Å². The lowest BCUT2D eigenvalue weighted by Gasteiger charge is -2.30. The second-order valence-corrected chi connectivity index (χ2v) is 6.49. The van der Waals surface area contributed by atoms with Crippen molar-refractivity contribution in [3.63, 3.8) is 0 Å². The van der Waals surface area contributed by atoms with Gasteiger partial charge in [0, 0.05) is 24.0 Å². The maximum Gasteiger partial charge on any atom is 0.309 e. The zero-order chi connectivity index (χ0) is 17.3. The summed E-state index contributed by atoms with van der Waals surface area (Å²) in [6, 6.07) is 6.16. The van der Waals surface area contributed by atoms with Gasteiger partial charge >= 0.3 is 5.97 Å². The minimum atomic E-state index is -0.137. The Morgan fingerprint density at radius 1 is 1.25 bits per heavy atom. The molecule has 1 amide bonds. The molecule has 1 aromatic carbocycles. The third-order valence-corrected chi connectivity index (χ3v) is 4.83. The molecule has 1 aromatic heterocycles. The monoisotopic (exact) mass is 328 g/mol. The van der Waals surface area contributed by atoms with E-state index in [0.29, 0.717) is 38.2 Å². The van der Waals surface area contributed by atoms with Crippen LogP contribution in [-0.2, 0) is 9.53 Å². The van der Waals surface area contributed by atoms with Crippen LogP contribution in [0.1, 0.15) is 41.4 Å². The van der Waals surface area contributed by atoms with Crippen molar-refractivity contribution >= 4 is 22.8 Å². The number of nitrogens with one attached hydrogen (secondary N) is 1. The molecule has 0 atom stereocenters. The van der Waals surface area contributed by atoms with Crippen molar-refractivity contribution in [3.8, 4) is 0 Å². The zero-order valence-electron chi connectivity index (χ0n) is 14.5. The van der Waals surface area contributed by atoms with Crippen LogP contribution < -0.4 is 0 Å². The number of aryl methyl sites for hydroxylation is 2. The van der Waals surface area contributed by atoms with Crippen molar-refractivity contribution in [1.29, 1.82) is 0 Å². The van der Waals surface area contributed by atoms with Crippen molar-refractivity contribution in [2.75, 3.05) is 19.7 Å². The van der Waals surface area contributed by atoms with Gasteiger partial charge in [-0.2, -0.15) is 0 Å². The van der Waals surface area contributed by atoms with Crippen LogP contribution in [0.3, 0.4) is 0 Å². The van der Waals surface area contributed by atoms with E-state index in [2.05, 4.69) is 11.1 Å². The van der Waals surface area contributed by atoms with Crippen LogP contribution in [0.2, 0.25) is 0 Å². The first-order valence-electron chi connectivity index (χ1n) is 8.56. The smallest absolute Gasteiger partial charge is 0.309 e.